The van der Waals surface area contributed by atoms with Gasteiger partial charge in [-0.05, 0) is 53.1 Å². The Labute approximate surface area is 314 Å². The van der Waals surface area contributed by atoms with Gasteiger partial charge < -0.3 is 30.9 Å². The van der Waals surface area contributed by atoms with Crippen LogP contribution in [0, 0.1) is 0 Å². The van der Waals surface area contributed by atoms with E-state index < -0.39 is 23.6 Å². The van der Waals surface area contributed by atoms with Crippen molar-refractivity contribution in [1.29, 1.82) is 0 Å². The van der Waals surface area contributed by atoms with Crippen LogP contribution in [-0.2, 0) is 36.9 Å². The van der Waals surface area contributed by atoms with Crippen LogP contribution in [0.25, 0.3) is 0 Å². The number of alkyl halides is 3. The number of carbonyl (C=O) groups is 2. The van der Waals surface area contributed by atoms with Crippen molar-refractivity contribution in [2.75, 3.05) is 56.4 Å². The van der Waals surface area contributed by atoms with Gasteiger partial charge in [-0.2, -0.15) is 13.2 Å². The number of anilines is 3. The quantitative estimate of drug-likeness (QED) is 0.0873. The second-order valence-corrected chi connectivity index (χ2v) is 12.9. The smallest absolute Gasteiger partial charge is 0.416 e. The van der Waals surface area contributed by atoms with E-state index in [-0.39, 0.29) is 12.0 Å². The molecule has 0 saturated heterocycles. The lowest BCUT2D eigenvalue weighted by atomic mass is 10.1. The van der Waals surface area contributed by atoms with Crippen molar-refractivity contribution < 1.29 is 27.9 Å². The molecule has 1 amide bonds. The summed E-state index contributed by atoms with van der Waals surface area (Å²) in [5.41, 5.74) is 3.79. The molecule has 0 aliphatic rings. The van der Waals surface area contributed by atoms with Gasteiger partial charge in [-0.15, -0.1) is 0 Å². The molecule has 10 nitrogen and oxygen atoms in total. The van der Waals surface area contributed by atoms with Crippen LogP contribution in [0.2, 0.25) is 0 Å². The number of hydrogen-bond donors (Lipinski definition) is 4. The zero-order valence-corrected chi connectivity index (χ0v) is 30.8. The number of nitrogens with one attached hydrogen (secondary N) is 3. The van der Waals surface area contributed by atoms with E-state index in [1.54, 1.807) is 62.3 Å². The van der Waals surface area contributed by atoms with Crippen LogP contribution < -0.4 is 25.8 Å². The first kappa shape index (κ1) is 41.0. The molecule has 5 rings (SSSR count). The molecule has 0 atom stereocenters. The molecular weight excluding hydrogens is 695 g/mol. The minimum atomic E-state index is -4.47. The van der Waals surface area contributed by atoms with Gasteiger partial charge in [0.1, 0.15) is 17.5 Å². The lowest BCUT2D eigenvalue weighted by molar-refractivity contribution is -0.138. The monoisotopic (exact) mass is 741 g/mol. The number of hydrogen-bond acceptors (Lipinski definition) is 8. The molecule has 4 N–H and O–H groups in total. The Morgan fingerprint density at radius 2 is 1.15 bits per heavy atom. The van der Waals surface area contributed by atoms with E-state index in [2.05, 4.69) is 74.4 Å². The van der Waals surface area contributed by atoms with Crippen molar-refractivity contribution in [1.82, 2.24) is 20.6 Å². The van der Waals surface area contributed by atoms with Crippen molar-refractivity contribution in [3.8, 4) is 0 Å². The zero-order valence-electron chi connectivity index (χ0n) is 30.8. The number of benzene rings is 4. The van der Waals surface area contributed by atoms with Gasteiger partial charge in [0.25, 0.3) is 5.91 Å². The van der Waals surface area contributed by atoms with Gasteiger partial charge in [0.2, 0.25) is 0 Å². The maximum absolute atomic E-state index is 12.7. The second kappa shape index (κ2) is 19.9. The third-order valence-corrected chi connectivity index (χ3v) is 8.06. The van der Waals surface area contributed by atoms with Crippen LogP contribution in [0.15, 0.2) is 109 Å². The molecule has 13 heteroatoms. The predicted octanol–water partition coefficient (Wildman–Crippen LogP) is 6.66. The Balaban J connectivity index is 0.000000301. The molecule has 0 spiro atoms. The number of aromatic nitrogens is 2. The van der Waals surface area contributed by atoms with E-state index in [1.165, 1.54) is 11.1 Å². The summed E-state index contributed by atoms with van der Waals surface area (Å²) in [6.45, 7) is 3.85. The summed E-state index contributed by atoms with van der Waals surface area (Å²) in [4.78, 5) is 36.4. The van der Waals surface area contributed by atoms with Gasteiger partial charge in [0, 0.05) is 77.6 Å². The standard InChI is InChI=1S/C25H26F3N5O3.C16H20N2/c1-32(2)22-19(14-21(34)35)23(33(3)4)31-20(30-22)13-15-5-11-18(12-6-15)29-24(36)16-7-9-17(10-8-16)25(26,27)28;1-3-7-15(8-4-1)13-17-11-12-18-14-16-9-5-2-6-10-16/h5-12H,13-14H2,1-4H3,(H,29,36)(H,34,35);1-10,17-18H,11-14H2. The highest BCUT2D eigenvalue weighted by Crippen LogP contribution is 2.29. The summed E-state index contributed by atoms with van der Waals surface area (Å²) < 4.78 is 38.1. The number of amides is 1. The van der Waals surface area contributed by atoms with Crippen LogP contribution in [0.3, 0.4) is 0 Å². The van der Waals surface area contributed by atoms with Gasteiger partial charge >= 0.3 is 12.1 Å². The van der Waals surface area contributed by atoms with Crippen LogP contribution in [0.1, 0.15) is 44.0 Å². The third kappa shape index (κ3) is 13.0. The fourth-order valence-corrected chi connectivity index (χ4v) is 5.37. The first-order valence-electron chi connectivity index (χ1n) is 17.3. The molecule has 0 bridgehead atoms. The average Bonchev–Trinajstić information content (AvgIpc) is 3.14. The molecule has 1 aromatic heterocycles. The number of carboxylic acid groups (broad SMARTS) is 1. The SMILES string of the molecule is CN(C)c1nc(Cc2ccc(NC(=O)c3ccc(C(F)(F)F)cc3)cc2)nc(N(C)C)c1CC(=O)O.c1ccc(CNCCNCc2ccccc2)cc1. The summed E-state index contributed by atoms with van der Waals surface area (Å²) in [7, 11) is 7.13. The van der Waals surface area contributed by atoms with E-state index in [0.29, 0.717) is 35.1 Å². The van der Waals surface area contributed by atoms with Crippen molar-refractivity contribution in [2.45, 2.75) is 32.1 Å². The van der Waals surface area contributed by atoms with Gasteiger partial charge in [0.15, 0.2) is 0 Å². The largest absolute Gasteiger partial charge is 0.481 e. The Hall–Kier alpha value is -5.79. The Kier molecular flexibility index (Phi) is 15.1. The van der Waals surface area contributed by atoms with Crippen molar-refractivity contribution >= 4 is 29.2 Å². The maximum atomic E-state index is 12.7. The van der Waals surface area contributed by atoms with E-state index in [0.717, 1.165) is 56.0 Å². The summed E-state index contributed by atoms with van der Waals surface area (Å²) in [6, 6.07) is 31.9. The highest BCUT2D eigenvalue weighted by Gasteiger charge is 2.30. The summed E-state index contributed by atoms with van der Waals surface area (Å²) in [5.74, 6) is 0.0303. The number of halogens is 3. The van der Waals surface area contributed by atoms with E-state index in [9.17, 15) is 27.9 Å². The summed E-state index contributed by atoms with van der Waals surface area (Å²) in [6.07, 6.45) is -4.32. The number of carboxylic acids is 1. The number of carbonyl (C=O) groups excluding carboxylic acids is 1. The molecule has 0 fully saturated rings. The predicted molar refractivity (Wildman–Crippen MR) is 207 cm³/mol. The normalized spacial score (nSPS) is 10.9. The number of aliphatic carboxylic acids is 1. The van der Waals surface area contributed by atoms with Crippen LogP contribution in [0.4, 0.5) is 30.5 Å². The molecule has 4 aromatic carbocycles. The molecule has 0 aliphatic heterocycles. The average molecular weight is 742 g/mol. The third-order valence-electron chi connectivity index (χ3n) is 8.06. The maximum Gasteiger partial charge on any atom is 0.416 e. The number of rotatable bonds is 15. The molecule has 0 aliphatic carbocycles. The fourth-order valence-electron chi connectivity index (χ4n) is 5.37. The van der Waals surface area contributed by atoms with Crippen molar-refractivity contribution in [2.24, 2.45) is 0 Å². The first-order chi connectivity index (χ1) is 25.8. The Morgan fingerprint density at radius 1 is 0.667 bits per heavy atom. The summed E-state index contributed by atoms with van der Waals surface area (Å²) >= 11 is 0. The highest BCUT2D eigenvalue weighted by molar-refractivity contribution is 6.04. The molecule has 284 valence electrons. The minimum absolute atomic E-state index is 0.106. The first-order valence-corrected chi connectivity index (χ1v) is 17.3. The van der Waals surface area contributed by atoms with Gasteiger partial charge in [-0.3, -0.25) is 9.59 Å². The van der Waals surface area contributed by atoms with E-state index in [1.807, 2.05) is 12.1 Å². The Bertz CT molecular complexity index is 1850. The molecule has 1 heterocycles. The molecule has 0 saturated carbocycles. The molecule has 54 heavy (non-hydrogen) atoms. The Morgan fingerprint density at radius 3 is 1.57 bits per heavy atom. The highest BCUT2D eigenvalue weighted by atomic mass is 19.4. The molecular formula is C41H46F3N7O3. The number of nitrogens with zero attached hydrogens (tertiary/aromatic N) is 4. The van der Waals surface area contributed by atoms with Crippen LogP contribution >= 0.6 is 0 Å². The van der Waals surface area contributed by atoms with Crippen molar-refractivity contribution in [3.05, 3.63) is 148 Å². The topological polar surface area (TPSA) is 123 Å². The van der Waals surface area contributed by atoms with Crippen molar-refractivity contribution in [3.63, 3.8) is 0 Å². The lowest BCUT2D eigenvalue weighted by Gasteiger charge is -2.22. The van der Waals surface area contributed by atoms with Gasteiger partial charge in [-0.1, -0.05) is 72.8 Å². The molecule has 0 unspecified atom stereocenters. The molecule has 5 aromatic rings. The van der Waals surface area contributed by atoms with Crippen LogP contribution in [-0.4, -0.2) is 68.2 Å². The zero-order chi connectivity index (χ0) is 39.1. The van der Waals surface area contributed by atoms with Gasteiger partial charge in [-0.25, -0.2) is 9.97 Å². The van der Waals surface area contributed by atoms with E-state index >= 15 is 0 Å². The fraction of sp³-hybridized carbons (Fsp3) is 0.268. The van der Waals surface area contributed by atoms with Crippen LogP contribution in [0.5, 0.6) is 0 Å². The summed E-state index contributed by atoms with van der Waals surface area (Å²) in [5, 5.41) is 18.8. The van der Waals surface area contributed by atoms with E-state index in [4.69, 9.17) is 0 Å². The second-order valence-electron chi connectivity index (χ2n) is 12.9. The lowest BCUT2D eigenvalue weighted by Crippen LogP contribution is -2.26. The van der Waals surface area contributed by atoms with Gasteiger partial charge in [0.05, 0.1) is 12.0 Å². The minimum Gasteiger partial charge on any atom is -0.481 e. The molecule has 0 radical (unpaired) electrons.